The first-order valence-corrected chi connectivity index (χ1v) is 7.94. The molecule has 1 saturated carbocycles. The average Bonchev–Trinajstić information content (AvgIpc) is 3.01. The highest BCUT2D eigenvalue weighted by Gasteiger charge is 2.36. The first-order valence-electron chi connectivity index (χ1n) is 7.94. The van der Waals surface area contributed by atoms with Crippen molar-refractivity contribution >= 4 is 12.0 Å². The van der Waals surface area contributed by atoms with Crippen molar-refractivity contribution in [1.82, 2.24) is 15.5 Å². The maximum Gasteiger partial charge on any atom is 0.335 e. The fourth-order valence-corrected chi connectivity index (χ4v) is 3.07. The van der Waals surface area contributed by atoms with Gasteiger partial charge in [-0.3, -0.25) is 0 Å². The number of hydrogen-bond acceptors (Lipinski definition) is 3. The Morgan fingerprint density at radius 3 is 2.26 bits per heavy atom. The second-order valence-electron chi connectivity index (χ2n) is 6.36. The van der Waals surface area contributed by atoms with E-state index in [9.17, 15) is 9.59 Å². The number of amides is 2. The molecule has 1 aromatic rings. The van der Waals surface area contributed by atoms with Crippen LogP contribution in [0.4, 0.5) is 4.79 Å². The van der Waals surface area contributed by atoms with E-state index in [1.54, 1.807) is 12.1 Å². The molecule has 1 aromatic carbocycles. The maximum atomic E-state index is 12.0. The minimum absolute atomic E-state index is 0.0699. The lowest BCUT2D eigenvalue weighted by atomic mass is 9.96. The summed E-state index contributed by atoms with van der Waals surface area (Å²) in [6.45, 7) is 1.02. The zero-order valence-electron chi connectivity index (χ0n) is 13.8. The zero-order chi connectivity index (χ0) is 16.9. The van der Waals surface area contributed by atoms with Crippen molar-refractivity contribution in [3.8, 4) is 0 Å². The van der Waals surface area contributed by atoms with Crippen molar-refractivity contribution in [2.45, 2.75) is 37.8 Å². The number of aromatic carboxylic acids is 1. The fraction of sp³-hybridized carbons (Fsp3) is 0.529. The summed E-state index contributed by atoms with van der Waals surface area (Å²) in [4.78, 5) is 25.0. The molecule has 0 unspecified atom stereocenters. The molecule has 0 radical (unpaired) electrons. The monoisotopic (exact) mass is 319 g/mol. The Balaban J connectivity index is 1.79. The summed E-state index contributed by atoms with van der Waals surface area (Å²) in [6.07, 6.45) is 4.63. The molecular formula is C17H25N3O3. The lowest BCUT2D eigenvalue weighted by Crippen LogP contribution is -2.52. The van der Waals surface area contributed by atoms with Gasteiger partial charge < -0.3 is 20.6 Å². The predicted molar refractivity (Wildman–Crippen MR) is 88.5 cm³/mol. The molecule has 0 heterocycles. The molecule has 2 rings (SSSR count). The van der Waals surface area contributed by atoms with Gasteiger partial charge in [0.05, 0.1) is 5.56 Å². The Morgan fingerprint density at radius 2 is 1.74 bits per heavy atom. The van der Waals surface area contributed by atoms with Gasteiger partial charge in [0, 0.05) is 18.6 Å². The summed E-state index contributed by atoms with van der Waals surface area (Å²) in [5.41, 5.74) is 1.18. The van der Waals surface area contributed by atoms with Crippen molar-refractivity contribution in [3.63, 3.8) is 0 Å². The molecule has 6 heteroatoms. The van der Waals surface area contributed by atoms with Gasteiger partial charge in [0.2, 0.25) is 0 Å². The summed E-state index contributed by atoms with van der Waals surface area (Å²) in [7, 11) is 4.13. The van der Waals surface area contributed by atoms with Gasteiger partial charge in [-0.15, -0.1) is 0 Å². The fourth-order valence-electron chi connectivity index (χ4n) is 3.07. The number of nitrogens with one attached hydrogen (secondary N) is 2. The van der Waals surface area contributed by atoms with Gasteiger partial charge in [-0.25, -0.2) is 9.59 Å². The Labute approximate surface area is 136 Å². The predicted octanol–water partition coefficient (Wildman–Crippen LogP) is 2.06. The molecule has 23 heavy (non-hydrogen) atoms. The van der Waals surface area contributed by atoms with Crippen molar-refractivity contribution in [2.24, 2.45) is 0 Å². The summed E-state index contributed by atoms with van der Waals surface area (Å²) in [5, 5.41) is 14.6. The molecule has 3 N–H and O–H groups in total. The topological polar surface area (TPSA) is 81.7 Å². The Kier molecular flexibility index (Phi) is 5.60. The van der Waals surface area contributed by atoms with Crippen LogP contribution < -0.4 is 10.6 Å². The second kappa shape index (κ2) is 7.46. The van der Waals surface area contributed by atoms with E-state index >= 15 is 0 Å². The number of carbonyl (C=O) groups excluding carboxylic acids is 1. The van der Waals surface area contributed by atoms with Crippen molar-refractivity contribution in [2.75, 3.05) is 20.6 Å². The molecule has 1 fully saturated rings. The summed E-state index contributed by atoms with van der Waals surface area (Å²) < 4.78 is 0. The van der Waals surface area contributed by atoms with Crippen LogP contribution in [0, 0.1) is 0 Å². The van der Waals surface area contributed by atoms with Gasteiger partial charge in [-0.05, 0) is 44.6 Å². The van der Waals surface area contributed by atoms with Crippen LogP contribution in [0.15, 0.2) is 24.3 Å². The summed E-state index contributed by atoms with van der Waals surface area (Å²) in [6, 6.07) is 6.30. The van der Waals surface area contributed by atoms with Crippen LogP contribution in [0.2, 0.25) is 0 Å². The molecule has 0 aliphatic heterocycles. The highest BCUT2D eigenvalue weighted by molar-refractivity contribution is 5.87. The minimum Gasteiger partial charge on any atom is -0.478 e. The second-order valence-corrected chi connectivity index (χ2v) is 6.36. The SMILES string of the molecule is CN(C)C1(CNC(=O)NCc2ccc(C(=O)O)cc2)CCCC1. The van der Waals surface area contributed by atoms with Crippen LogP contribution >= 0.6 is 0 Å². The van der Waals surface area contributed by atoms with E-state index in [1.807, 2.05) is 0 Å². The third-order valence-corrected chi connectivity index (χ3v) is 4.71. The lowest BCUT2D eigenvalue weighted by molar-refractivity contribution is 0.0697. The number of carboxylic acids is 1. The van der Waals surface area contributed by atoms with Crippen molar-refractivity contribution in [3.05, 3.63) is 35.4 Å². The van der Waals surface area contributed by atoms with Gasteiger partial charge >= 0.3 is 12.0 Å². The molecule has 2 amide bonds. The average molecular weight is 319 g/mol. The number of carboxylic acid groups (broad SMARTS) is 1. The third-order valence-electron chi connectivity index (χ3n) is 4.71. The molecule has 1 aliphatic rings. The summed E-state index contributed by atoms with van der Waals surface area (Å²) >= 11 is 0. The molecule has 126 valence electrons. The van der Waals surface area contributed by atoms with Crippen molar-refractivity contribution in [1.29, 1.82) is 0 Å². The number of carbonyl (C=O) groups is 2. The van der Waals surface area contributed by atoms with Crippen LogP contribution in [0.5, 0.6) is 0 Å². The molecule has 0 aromatic heterocycles. The van der Waals surface area contributed by atoms with Gasteiger partial charge in [0.1, 0.15) is 0 Å². The van der Waals surface area contributed by atoms with E-state index in [2.05, 4.69) is 29.6 Å². The molecule has 0 atom stereocenters. The number of likely N-dealkylation sites (N-methyl/N-ethyl adjacent to an activating group) is 1. The van der Waals surface area contributed by atoms with Crippen LogP contribution in [0.25, 0.3) is 0 Å². The van der Waals surface area contributed by atoms with Crippen LogP contribution in [-0.4, -0.2) is 48.2 Å². The van der Waals surface area contributed by atoms with Crippen LogP contribution in [0.3, 0.4) is 0 Å². The van der Waals surface area contributed by atoms with Gasteiger partial charge in [-0.1, -0.05) is 25.0 Å². The molecule has 0 spiro atoms. The Hall–Kier alpha value is -2.08. The quantitative estimate of drug-likeness (QED) is 0.749. The minimum atomic E-state index is -0.951. The first kappa shape index (κ1) is 17.3. The van der Waals surface area contributed by atoms with E-state index in [0.29, 0.717) is 13.1 Å². The number of nitrogens with zero attached hydrogens (tertiary/aromatic N) is 1. The molecular weight excluding hydrogens is 294 g/mol. The maximum absolute atomic E-state index is 12.0. The normalized spacial score (nSPS) is 16.3. The number of urea groups is 1. The van der Waals surface area contributed by atoms with E-state index in [4.69, 9.17) is 5.11 Å². The number of benzene rings is 1. The van der Waals surface area contributed by atoms with Crippen molar-refractivity contribution < 1.29 is 14.7 Å². The van der Waals surface area contributed by atoms with Crippen LogP contribution in [-0.2, 0) is 6.54 Å². The van der Waals surface area contributed by atoms with E-state index < -0.39 is 5.97 Å². The first-order chi connectivity index (χ1) is 10.9. The largest absolute Gasteiger partial charge is 0.478 e. The zero-order valence-corrected chi connectivity index (χ0v) is 13.8. The van der Waals surface area contributed by atoms with Gasteiger partial charge in [0.25, 0.3) is 0 Å². The summed E-state index contributed by atoms with van der Waals surface area (Å²) in [5.74, 6) is -0.951. The van der Waals surface area contributed by atoms with E-state index in [-0.39, 0.29) is 17.1 Å². The number of hydrogen-bond donors (Lipinski definition) is 3. The molecule has 0 saturated heterocycles. The van der Waals surface area contributed by atoms with Gasteiger partial charge in [-0.2, -0.15) is 0 Å². The smallest absolute Gasteiger partial charge is 0.335 e. The van der Waals surface area contributed by atoms with E-state index in [0.717, 1.165) is 18.4 Å². The van der Waals surface area contributed by atoms with Crippen LogP contribution in [0.1, 0.15) is 41.6 Å². The highest BCUT2D eigenvalue weighted by atomic mass is 16.4. The third kappa shape index (κ3) is 4.45. The molecule has 1 aliphatic carbocycles. The Bertz CT molecular complexity index is 549. The Morgan fingerprint density at radius 1 is 1.13 bits per heavy atom. The highest BCUT2D eigenvalue weighted by Crippen LogP contribution is 2.32. The van der Waals surface area contributed by atoms with E-state index in [1.165, 1.54) is 25.0 Å². The lowest BCUT2D eigenvalue weighted by Gasteiger charge is -2.36. The number of rotatable bonds is 6. The molecule has 6 nitrogen and oxygen atoms in total. The molecule has 0 bridgehead atoms. The standard InChI is InChI=1S/C17H25N3O3/c1-20(2)17(9-3-4-10-17)12-19-16(23)18-11-13-5-7-14(8-6-13)15(21)22/h5-8H,3-4,9-12H2,1-2H3,(H,21,22)(H2,18,19,23). The van der Waals surface area contributed by atoms with Gasteiger partial charge in [0.15, 0.2) is 0 Å².